The molecule has 2 fully saturated rings. The van der Waals surface area contributed by atoms with Gasteiger partial charge in [0.1, 0.15) is 10.1 Å². The van der Waals surface area contributed by atoms with E-state index in [9.17, 15) is 9.59 Å². The predicted molar refractivity (Wildman–Crippen MR) is 144 cm³/mol. The lowest BCUT2D eigenvalue weighted by Gasteiger charge is -2.38. The summed E-state index contributed by atoms with van der Waals surface area (Å²) in [5, 5.41) is 0.979. The Balaban J connectivity index is 1.66. The molecule has 0 aliphatic carbocycles. The lowest BCUT2D eigenvalue weighted by Crippen LogP contribution is -2.46. The number of morpholine rings is 1. The molecule has 1 aromatic carbocycles. The molecule has 0 bridgehead atoms. The molecule has 2 aliphatic heterocycles. The van der Waals surface area contributed by atoms with Crippen molar-refractivity contribution < 1.29 is 13.9 Å². The molecular weight excluding hydrogens is 482 g/mol. The minimum Gasteiger partial charge on any atom is -0.467 e. The number of rotatable bonds is 5. The van der Waals surface area contributed by atoms with Crippen molar-refractivity contribution in [1.29, 1.82) is 0 Å². The topological polar surface area (TPSA) is 67.9 Å². The number of pyridine rings is 1. The van der Waals surface area contributed by atoms with E-state index in [1.54, 1.807) is 23.0 Å². The molecule has 4 heterocycles. The zero-order chi connectivity index (χ0) is 24.7. The standard InChI is InChI=1S/C26H27N3O4S2/c1-4-28-21-10-6-5-9-19(21)23(27-13-16(2)33-17(3)14-27)20(24(28)30)12-22-25(31)29(26(34)35-22)15-18-8-7-11-32-18/h5-12,16-17H,4,13-15H2,1-3H3. The second-order valence-electron chi connectivity index (χ2n) is 8.84. The summed E-state index contributed by atoms with van der Waals surface area (Å²) in [7, 11) is 0. The summed E-state index contributed by atoms with van der Waals surface area (Å²) in [5.41, 5.74) is 2.10. The second-order valence-corrected chi connectivity index (χ2v) is 10.5. The predicted octanol–water partition coefficient (Wildman–Crippen LogP) is 4.63. The van der Waals surface area contributed by atoms with Crippen molar-refractivity contribution in [2.24, 2.45) is 0 Å². The van der Waals surface area contributed by atoms with Crippen LogP contribution in [0.25, 0.3) is 17.0 Å². The molecule has 3 aromatic rings. The highest BCUT2D eigenvalue weighted by molar-refractivity contribution is 8.26. The van der Waals surface area contributed by atoms with Crippen LogP contribution in [-0.2, 0) is 22.6 Å². The van der Waals surface area contributed by atoms with Crippen LogP contribution in [0.2, 0.25) is 0 Å². The largest absolute Gasteiger partial charge is 0.467 e. The average molecular weight is 510 g/mol. The first-order chi connectivity index (χ1) is 16.9. The van der Waals surface area contributed by atoms with Crippen LogP contribution in [-0.4, -0.2) is 45.0 Å². The number of hydrogen-bond acceptors (Lipinski definition) is 7. The minimum atomic E-state index is -0.221. The normalized spacial score (nSPS) is 22.1. The van der Waals surface area contributed by atoms with Crippen molar-refractivity contribution in [2.75, 3.05) is 18.0 Å². The Bertz CT molecular complexity index is 1370. The summed E-state index contributed by atoms with van der Waals surface area (Å²) >= 11 is 6.72. The molecule has 2 atom stereocenters. The number of benzene rings is 1. The zero-order valence-electron chi connectivity index (χ0n) is 19.9. The van der Waals surface area contributed by atoms with Crippen LogP contribution < -0.4 is 10.5 Å². The maximum atomic E-state index is 13.8. The molecule has 0 saturated carbocycles. The molecule has 0 spiro atoms. The van der Waals surface area contributed by atoms with Crippen LogP contribution in [0.1, 0.15) is 32.1 Å². The van der Waals surface area contributed by atoms with E-state index in [-0.39, 0.29) is 30.2 Å². The molecule has 9 heteroatoms. The van der Waals surface area contributed by atoms with E-state index in [1.165, 1.54) is 16.7 Å². The van der Waals surface area contributed by atoms with Gasteiger partial charge in [-0.1, -0.05) is 42.2 Å². The number of carbonyl (C=O) groups excluding carboxylic acids is 1. The SMILES string of the molecule is CCn1c(=O)c(C=C2SC(=S)N(Cc3ccco3)C2=O)c(N2CC(C)OC(C)C2)c2ccccc21. The number of anilines is 1. The van der Waals surface area contributed by atoms with E-state index in [4.69, 9.17) is 21.4 Å². The smallest absolute Gasteiger partial charge is 0.266 e. The Morgan fingerprint density at radius 2 is 1.86 bits per heavy atom. The number of nitrogens with zero attached hydrogens (tertiary/aromatic N) is 3. The zero-order valence-corrected chi connectivity index (χ0v) is 21.5. The molecule has 1 amide bonds. The fourth-order valence-corrected chi connectivity index (χ4v) is 6.12. The Morgan fingerprint density at radius 1 is 1.11 bits per heavy atom. The number of thioether (sulfide) groups is 1. The van der Waals surface area contributed by atoms with E-state index < -0.39 is 0 Å². The van der Waals surface area contributed by atoms with Crippen molar-refractivity contribution >= 4 is 56.9 Å². The maximum absolute atomic E-state index is 13.8. The second kappa shape index (κ2) is 9.64. The number of carbonyl (C=O) groups is 1. The van der Waals surface area contributed by atoms with E-state index >= 15 is 0 Å². The van der Waals surface area contributed by atoms with Gasteiger partial charge in [-0.05, 0) is 45.0 Å². The summed E-state index contributed by atoms with van der Waals surface area (Å²) in [6, 6.07) is 11.5. The highest BCUT2D eigenvalue weighted by Gasteiger charge is 2.34. The van der Waals surface area contributed by atoms with Crippen molar-refractivity contribution in [3.63, 3.8) is 0 Å². The van der Waals surface area contributed by atoms with E-state index in [0.29, 0.717) is 40.2 Å². The number of fused-ring (bicyclic) bond motifs is 1. The Kier molecular flexibility index (Phi) is 6.57. The summed E-state index contributed by atoms with van der Waals surface area (Å²) in [6.45, 7) is 8.13. The Morgan fingerprint density at radius 3 is 2.54 bits per heavy atom. The van der Waals surface area contributed by atoms with Crippen molar-refractivity contribution in [3.05, 3.63) is 69.2 Å². The highest BCUT2D eigenvalue weighted by Crippen LogP contribution is 2.37. The molecule has 0 N–H and O–H groups in total. The molecule has 2 unspecified atom stereocenters. The first-order valence-electron chi connectivity index (χ1n) is 11.7. The van der Waals surface area contributed by atoms with Gasteiger partial charge >= 0.3 is 0 Å². The summed E-state index contributed by atoms with van der Waals surface area (Å²) in [4.78, 5) is 31.3. The minimum absolute atomic E-state index is 0.0190. The molecular formula is C26H27N3O4S2. The van der Waals surface area contributed by atoms with E-state index in [2.05, 4.69) is 4.90 Å². The van der Waals surface area contributed by atoms with Gasteiger partial charge in [0.15, 0.2) is 0 Å². The molecule has 2 aromatic heterocycles. The van der Waals surface area contributed by atoms with E-state index in [0.717, 1.165) is 16.6 Å². The lowest BCUT2D eigenvalue weighted by atomic mass is 10.0. The van der Waals surface area contributed by atoms with E-state index in [1.807, 2.05) is 51.1 Å². The van der Waals surface area contributed by atoms with Gasteiger partial charge in [0, 0.05) is 25.0 Å². The molecule has 182 valence electrons. The van der Waals surface area contributed by atoms with Crippen molar-refractivity contribution in [2.45, 2.75) is 46.1 Å². The van der Waals surface area contributed by atoms with Gasteiger partial charge in [0.25, 0.3) is 11.5 Å². The molecule has 7 nitrogen and oxygen atoms in total. The summed E-state index contributed by atoms with van der Waals surface area (Å²) in [5.74, 6) is 0.431. The third kappa shape index (κ3) is 4.44. The van der Waals surface area contributed by atoms with Gasteiger partial charge < -0.3 is 18.6 Å². The molecule has 2 aliphatic rings. The third-order valence-electron chi connectivity index (χ3n) is 6.28. The van der Waals surface area contributed by atoms with Gasteiger partial charge in [-0.3, -0.25) is 14.5 Å². The van der Waals surface area contributed by atoms with Gasteiger partial charge in [-0.2, -0.15) is 0 Å². The van der Waals surface area contributed by atoms with Crippen molar-refractivity contribution in [3.8, 4) is 0 Å². The Hall–Kier alpha value is -2.88. The monoisotopic (exact) mass is 509 g/mol. The van der Waals surface area contributed by atoms with Gasteiger partial charge in [0.2, 0.25) is 0 Å². The average Bonchev–Trinajstić information content (AvgIpc) is 3.43. The number of furan rings is 1. The molecule has 5 rings (SSSR count). The number of thiocarbonyl (C=S) groups is 1. The third-order valence-corrected chi connectivity index (χ3v) is 7.65. The number of para-hydroxylation sites is 1. The molecule has 35 heavy (non-hydrogen) atoms. The summed E-state index contributed by atoms with van der Waals surface area (Å²) in [6.07, 6.45) is 3.33. The van der Waals surface area contributed by atoms with Crippen molar-refractivity contribution in [1.82, 2.24) is 9.47 Å². The maximum Gasteiger partial charge on any atom is 0.266 e. The molecule has 0 radical (unpaired) electrons. The van der Waals surface area contributed by atoms with Crippen LogP contribution in [0.15, 0.2) is 56.8 Å². The van der Waals surface area contributed by atoms with Gasteiger partial charge in [0.05, 0.1) is 46.7 Å². The van der Waals surface area contributed by atoms with Crippen LogP contribution in [0.5, 0.6) is 0 Å². The van der Waals surface area contributed by atoms with Crippen LogP contribution in [0, 0.1) is 0 Å². The molecule has 2 saturated heterocycles. The fraction of sp³-hybridized carbons (Fsp3) is 0.346. The number of aryl methyl sites for hydroxylation is 1. The lowest BCUT2D eigenvalue weighted by molar-refractivity contribution is -0.122. The highest BCUT2D eigenvalue weighted by atomic mass is 32.2. The van der Waals surface area contributed by atoms with Crippen LogP contribution in [0.4, 0.5) is 5.69 Å². The number of aromatic nitrogens is 1. The summed E-state index contributed by atoms with van der Waals surface area (Å²) < 4.78 is 13.6. The van der Waals surface area contributed by atoms with Crippen LogP contribution >= 0.6 is 24.0 Å². The van der Waals surface area contributed by atoms with Gasteiger partial charge in [-0.15, -0.1) is 0 Å². The quantitative estimate of drug-likeness (QED) is 0.367. The number of hydrogen-bond donors (Lipinski definition) is 0. The fourth-order valence-electron chi connectivity index (χ4n) is 4.88. The number of amides is 1. The first kappa shape index (κ1) is 23.8. The van der Waals surface area contributed by atoms with Gasteiger partial charge in [-0.25, -0.2) is 0 Å². The number of ether oxygens (including phenoxy) is 1. The van der Waals surface area contributed by atoms with Crippen LogP contribution in [0.3, 0.4) is 0 Å². The Labute approximate surface area is 213 Å². The first-order valence-corrected chi connectivity index (χ1v) is 12.9.